The molecule has 2 heterocycles. The van der Waals surface area contributed by atoms with Crippen molar-refractivity contribution < 1.29 is 23.9 Å². The highest BCUT2D eigenvalue weighted by atomic mass is 16.6. The van der Waals surface area contributed by atoms with Crippen LogP contribution in [0.4, 0.5) is 10.5 Å². The van der Waals surface area contributed by atoms with E-state index in [9.17, 15) is 19.2 Å². The highest BCUT2D eigenvalue weighted by Gasteiger charge is 2.35. The van der Waals surface area contributed by atoms with Crippen molar-refractivity contribution >= 4 is 29.5 Å². The Morgan fingerprint density at radius 3 is 2.52 bits per heavy atom. The van der Waals surface area contributed by atoms with Crippen molar-refractivity contribution in [3.8, 4) is 0 Å². The first-order valence-electron chi connectivity index (χ1n) is 11.5. The molecule has 33 heavy (non-hydrogen) atoms. The summed E-state index contributed by atoms with van der Waals surface area (Å²) in [7, 11) is 0. The van der Waals surface area contributed by atoms with Crippen LogP contribution in [-0.4, -0.2) is 97.0 Å². The number of nitrogens with zero attached hydrogens (tertiary/aromatic N) is 3. The number of aryl methyl sites for hydroxylation is 1. The highest BCUT2D eigenvalue weighted by Crippen LogP contribution is 2.17. The highest BCUT2D eigenvalue weighted by molar-refractivity contribution is 5.98. The van der Waals surface area contributed by atoms with Crippen molar-refractivity contribution in [1.29, 1.82) is 0 Å². The van der Waals surface area contributed by atoms with Crippen LogP contribution in [0.15, 0.2) is 24.3 Å². The maximum Gasteiger partial charge on any atom is 0.409 e. The van der Waals surface area contributed by atoms with Crippen LogP contribution in [0, 0.1) is 0 Å². The molecule has 2 fully saturated rings. The Balaban J connectivity index is 1.57. The Labute approximate surface area is 194 Å². The molecular formula is C23H33N5O5. The van der Waals surface area contributed by atoms with Crippen LogP contribution in [0.2, 0.25) is 0 Å². The van der Waals surface area contributed by atoms with Crippen molar-refractivity contribution in [2.75, 3.05) is 57.7 Å². The molecule has 180 valence electrons. The average molecular weight is 460 g/mol. The van der Waals surface area contributed by atoms with E-state index in [0.29, 0.717) is 45.9 Å². The number of piperazine rings is 2. The van der Waals surface area contributed by atoms with Crippen LogP contribution < -0.4 is 10.6 Å². The lowest BCUT2D eigenvalue weighted by atomic mass is 10.1. The topological polar surface area (TPSA) is 111 Å². The van der Waals surface area contributed by atoms with Crippen LogP contribution in [0.25, 0.3) is 0 Å². The number of nitrogens with one attached hydrogen (secondary N) is 2. The summed E-state index contributed by atoms with van der Waals surface area (Å²) in [6.07, 6.45) is 0.326. The zero-order chi connectivity index (χ0) is 23.8. The molecule has 0 unspecified atom stereocenters. The summed E-state index contributed by atoms with van der Waals surface area (Å²) >= 11 is 0. The summed E-state index contributed by atoms with van der Waals surface area (Å²) < 4.78 is 5.02. The molecule has 10 heteroatoms. The van der Waals surface area contributed by atoms with E-state index < -0.39 is 6.04 Å². The molecule has 1 aromatic carbocycles. The first-order chi connectivity index (χ1) is 15.9. The molecule has 1 aromatic rings. The molecule has 2 aliphatic heterocycles. The maximum atomic E-state index is 13.0. The monoisotopic (exact) mass is 459 g/mol. The minimum absolute atomic E-state index is 0.105. The Kier molecular flexibility index (Phi) is 8.65. The normalized spacial score (nSPS) is 19.1. The van der Waals surface area contributed by atoms with Crippen molar-refractivity contribution in [2.45, 2.75) is 32.7 Å². The number of carbonyl (C=O) groups excluding carboxylic acids is 4. The molecule has 10 nitrogen and oxygen atoms in total. The molecule has 0 spiro atoms. The van der Waals surface area contributed by atoms with Crippen molar-refractivity contribution in [3.05, 3.63) is 29.8 Å². The number of hydrogen-bond donors (Lipinski definition) is 2. The lowest BCUT2D eigenvalue weighted by molar-refractivity contribution is -0.145. The van der Waals surface area contributed by atoms with Gasteiger partial charge >= 0.3 is 6.09 Å². The molecule has 2 saturated heterocycles. The molecule has 0 aliphatic carbocycles. The zero-order valence-corrected chi connectivity index (χ0v) is 19.3. The predicted octanol–water partition coefficient (Wildman–Crippen LogP) is 0.679. The minimum atomic E-state index is -0.846. The summed E-state index contributed by atoms with van der Waals surface area (Å²) in [5.41, 5.74) is 1.73. The summed E-state index contributed by atoms with van der Waals surface area (Å²) in [6.45, 7) is 7.01. The largest absolute Gasteiger partial charge is 0.450 e. The second kappa shape index (κ2) is 11.6. The number of carbonyl (C=O) groups is 4. The fourth-order valence-corrected chi connectivity index (χ4v) is 4.13. The van der Waals surface area contributed by atoms with E-state index >= 15 is 0 Å². The number of anilines is 1. The van der Waals surface area contributed by atoms with Gasteiger partial charge in [0.2, 0.25) is 17.7 Å². The first kappa shape index (κ1) is 24.5. The van der Waals surface area contributed by atoms with Gasteiger partial charge in [0, 0.05) is 45.0 Å². The number of benzene rings is 1. The lowest BCUT2D eigenvalue weighted by Gasteiger charge is -2.38. The van der Waals surface area contributed by atoms with E-state index in [2.05, 4.69) is 10.6 Å². The summed E-state index contributed by atoms with van der Waals surface area (Å²) in [5, 5.41) is 5.64. The van der Waals surface area contributed by atoms with Crippen LogP contribution in [0.5, 0.6) is 0 Å². The third-order valence-corrected chi connectivity index (χ3v) is 5.96. The van der Waals surface area contributed by atoms with E-state index in [1.165, 1.54) is 4.90 Å². The number of rotatable bonds is 7. The van der Waals surface area contributed by atoms with Gasteiger partial charge in [-0.05, 0) is 25.0 Å². The van der Waals surface area contributed by atoms with Gasteiger partial charge in [-0.25, -0.2) is 4.79 Å². The SMILES string of the molecule is CCOC(=O)N1CCN(CC(=O)N2CCNC(=O)[C@@H]2CC(=O)Nc2ccccc2CC)CC1. The van der Waals surface area contributed by atoms with Crippen molar-refractivity contribution in [1.82, 2.24) is 20.0 Å². The van der Waals surface area contributed by atoms with Gasteiger partial charge in [0.15, 0.2) is 0 Å². The van der Waals surface area contributed by atoms with E-state index in [-0.39, 0.29) is 36.8 Å². The Bertz CT molecular complexity index is 869. The van der Waals surface area contributed by atoms with E-state index in [4.69, 9.17) is 4.74 Å². The average Bonchev–Trinajstić information content (AvgIpc) is 2.81. The van der Waals surface area contributed by atoms with E-state index in [1.54, 1.807) is 11.8 Å². The van der Waals surface area contributed by atoms with Gasteiger partial charge in [-0.2, -0.15) is 0 Å². The van der Waals surface area contributed by atoms with Gasteiger partial charge in [0.1, 0.15) is 6.04 Å². The summed E-state index contributed by atoms with van der Waals surface area (Å²) in [4.78, 5) is 55.2. The van der Waals surface area contributed by atoms with Gasteiger partial charge in [0.25, 0.3) is 0 Å². The molecule has 2 N–H and O–H groups in total. The van der Waals surface area contributed by atoms with Crippen molar-refractivity contribution in [3.63, 3.8) is 0 Å². The van der Waals surface area contributed by atoms with Gasteiger partial charge in [-0.1, -0.05) is 25.1 Å². The standard InChI is InChI=1S/C23H33N5O5/c1-3-17-7-5-6-8-18(17)25-20(29)15-19-22(31)24-9-10-28(19)21(30)16-26-11-13-27(14-12-26)23(32)33-4-2/h5-8,19H,3-4,9-16H2,1-2H3,(H,24,31)(H,25,29)/t19-/m0/s1. The second-order valence-electron chi connectivity index (χ2n) is 8.12. The van der Waals surface area contributed by atoms with E-state index in [1.807, 2.05) is 36.1 Å². The number of hydrogen-bond acceptors (Lipinski definition) is 6. The van der Waals surface area contributed by atoms with Gasteiger partial charge in [-0.3, -0.25) is 19.3 Å². The van der Waals surface area contributed by atoms with E-state index in [0.717, 1.165) is 17.7 Å². The third kappa shape index (κ3) is 6.44. The third-order valence-electron chi connectivity index (χ3n) is 5.96. The van der Waals surface area contributed by atoms with Gasteiger partial charge < -0.3 is 25.2 Å². The number of amides is 4. The smallest absolute Gasteiger partial charge is 0.409 e. The van der Waals surface area contributed by atoms with Crippen LogP contribution in [-0.2, 0) is 25.5 Å². The first-order valence-corrected chi connectivity index (χ1v) is 11.5. The fraction of sp³-hybridized carbons (Fsp3) is 0.565. The summed E-state index contributed by atoms with van der Waals surface area (Å²) in [5.74, 6) is -0.819. The lowest BCUT2D eigenvalue weighted by Crippen LogP contribution is -2.60. The molecule has 3 rings (SSSR count). The quantitative estimate of drug-likeness (QED) is 0.620. The van der Waals surface area contributed by atoms with Gasteiger partial charge in [0.05, 0.1) is 19.6 Å². The summed E-state index contributed by atoms with van der Waals surface area (Å²) in [6, 6.07) is 6.69. The Morgan fingerprint density at radius 1 is 1.09 bits per heavy atom. The van der Waals surface area contributed by atoms with Gasteiger partial charge in [-0.15, -0.1) is 0 Å². The molecule has 0 saturated carbocycles. The maximum absolute atomic E-state index is 13.0. The minimum Gasteiger partial charge on any atom is -0.450 e. The second-order valence-corrected chi connectivity index (χ2v) is 8.12. The Hall–Kier alpha value is -3.14. The molecular weight excluding hydrogens is 426 g/mol. The predicted molar refractivity (Wildman–Crippen MR) is 123 cm³/mol. The van der Waals surface area contributed by atoms with Crippen LogP contribution in [0.3, 0.4) is 0 Å². The fourth-order valence-electron chi connectivity index (χ4n) is 4.13. The molecule has 0 radical (unpaired) electrons. The van der Waals surface area contributed by atoms with Crippen LogP contribution >= 0.6 is 0 Å². The molecule has 0 bridgehead atoms. The number of para-hydroxylation sites is 1. The number of ether oxygens (including phenoxy) is 1. The van der Waals surface area contributed by atoms with Crippen molar-refractivity contribution in [2.24, 2.45) is 0 Å². The Morgan fingerprint density at radius 2 is 1.82 bits per heavy atom. The molecule has 4 amide bonds. The zero-order valence-electron chi connectivity index (χ0n) is 19.3. The van der Waals surface area contributed by atoms with Crippen LogP contribution in [0.1, 0.15) is 25.8 Å². The molecule has 0 aromatic heterocycles. The molecule has 2 aliphatic rings. The molecule has 1 atom stereocenters.